The molecule has 19 heavy (non-hydrogen) atoms. The fourth-order valence-electron chi connectivity index (χ4n) is 2.47. The summed E-state index contributed by atoms with van der Waals surface area (Å²) in [5.74, 6) is 1.02. The molecule has 0 aliphatic heterocycles. The Hall–Kier alpha value is -1.80. The van der Waals surface area contributed by atoms with Crippen LogP contribution < -0.4 is 0 Å². The van der Waals surface area contributed by atoms with Crippen molar-refractivity contribution in [2.24, 2.45) is 0 Å². The highest BCUT2D eigenvalue weighted by Crippen LogP contribution is 2.36. The van der Waals surface area contributed by atoms with Crippen LogP contribution in [0.5, 0.6) is 0 Å². The quantitative estimate of drug-likeness (QED) is 0.380. The Labute approximate surface area is 116 Å². The van der Waals surface area contributed by atoms with Gasteiger partial charge in [-0.25, -0.2) is 0 Å². The average Bonchev–Trinajstić information content (AvgIpc) is 2.46. The van der Waals surface area contributed by atoms with Crippen molar-refractivity contribution in [1.29, 1.82) is 0 Å². The zero-order chi connectivity index (χ0) is 13.2. The summed E-state index contributed by atoms with van der Waals surface area (Å²) in [7, 11) is 0. The molecule has 3 aromatic carbocycles. The highest BCUT2D eigenvalue weighted by Gasteiger charge is 2.09. The van der Waals surface area contributed by atoms with Gasteiger partial charge < -0.3 is 0 Å². The fraction of sp³-hybridized carbons (Fsp3) is 0.118. The molecule has 0 saturated heterocycles. The molecule has 2 heteroatoms. The fourth-order valence-corrected chi connectivity index (χ4v) is 3.44. The first-order chi connectivity index (χ1) is 9.35. The zero-order valence-electron chi connectivity index (χ0n) is 10.7. The first kappa shape index (κ1) is 12.2. The lowest BCUT2D eigenvalue weighted by molar-refractivity contribution is 0.112. The highest BCUT2D eigenvalue weighted by atomic mass is 32.2. The molecule has 0 spiro atoms. The molecule has 94 valence electrons. The normalized spacial score (nSPS) is 11.0. The average molecular weight is 266 g/mol. The summed E-state index contributed by atoms with van der Waals surface area (Å²) < 4.78 is 0. The van der Waals surface area contributed by atoms with Crippen molar-refractivity contribution in [3.05, 3.63) is 54.1 Å². The van der Waals surface area contributed by atoms with E-state index in [1.165, 1.54) is 21.1 Å². The van der Waals surface area contributed by atoms with E-state index in [2.05, 4.69) is 37.3 Å². The molecule has 0 atom stereocenters. The summed E-state index contributed by atoms with van der Waals surface area (Å²) in [4.78, 5) is 12.5. The van der Waals surface area contributed by atoms with Gasteiger partial charge in [0.25, 0.3) is 0 Å². The number of carbonyl (C=O) groups excluding carboxylic acids is 1. The summed E-state index contributed by atoms with van der Waals surface area (Å²) in [6, 6.07) is 16.4. The first-order valence-electron chi connectivity index (χ1n) is 6.37. The predicted octanol–water partition coefficient (Wildman–Crippen LogP) is 4.92. The molecule has 0 aromatic heterocycles. The van der Waals surface area contributed by atoms with E-state index in [1.54, 1.807) is 0 Å². The van der Waals surface area contributed by atoms with Gasteiger partial charge >= 0.3 is 0 Å². The number of thioether (sulfide) groups is 1. The van der Waals surface area contributed by atoms with Crippen molar-refractivity contribution in [3.63, 3.8) is 0 Å². The lowest BCUT2D eigenvalue weighted by atomic mass is 10.00. The minimum atomic E-state index is 0.765. The van der Waals surface area contributed by atoms with Crippen LogP contribution in [0.4, 0.5) is 0 Å². The molecule has 0 bridgehead atoms. The van der Waals surface area contributed by atoms with E-state index in [0.717, 1.165) is 23.0 Å². The summed E-state index contributed by atoms with van der Waals surface area (Å²) in [6.07, 6.45) is 0.942. The Balaban J connectivity index is 2.50. The second-order valence-corrected chi connectivity index (χ2v) is 5.69. The lowest BCUT2D eigenvalue weighted by Crippen LogP contribution is -1.88. The standard InChI is InChI=1S/C17H14OS/c1-2-19-17-14-8-4-3-6-12(14)10-16-13(11-18)7-5-9-15(16)17/h3-11H,2H2,1H3. The number of fused-ring (bicyclic) bond motifs is 2. The highest BCUT2D eigenvalue weighted by molar-refractivity contribution is 7.99. The minimum Gasteiger partial charge on any atom is -0.298 e. The van der Waals surface area contributed by atoms with Gasteiger partial charge in [-0.1, -0.05) is 49.4 Å². The second kappa shape index (κ2) is 5.06. The van der Waals surface area contributed by atoms with Crippen LogP contribution in [0.25, 0.3) is 21.5 Å². The zero-order valence-corrected chi connectivity index (χ0v) is 11.5. The number of hydrogen-bond acceptors (Lipinski definition) is 2. The van der Waals surface area contributed by atoms with Crippen molar-refractivity contribution in [2.45, 2.75) is 11.8 Å². The molecule has 0 saturated carbocycles. The summed E-state index contributed by atoms with van der Waals surface area (Å²) in [6.45, 7) is 2.15. The Morgan fingerprint density at radius 3 is 2.58 bits per heavy atom. The number of hydrogen-bond donors (Lipinski definition) is 0. The van der Waals surface area contributed by atoms with Gasteiger partial charge in [0.15, 0.2) is 6.29 Å². The molecule has 0 radical (unpaired) electrons. The maximum atomic E-state index is 11.2. The van der Waals surface area contributed by atoms with Crippen molar-refractivity contribution < 1.29 is 4.79 Å². The van der Waals surface area contributed by atoms with Crippen LogP contribution in [-0.2, 0) is 0 Å². The molecule has 0 fully saturated rings. The van der Waals surface area contributed by atoms with Gasteiger partial charge in [-0.15, -0.1) is 11.8 Å². The number of benzene rings is 3. The molecule has 0 aliphatic rings. The van der Waals surface area contributed by atoms with Gasteiger partial charge in [-0.2, -0.15) is 0 Å². The molecule has 3 rings (SSSR count). The van der Waals surface area contributed by atoms with E-state index >= 15 is 0 Å². The third-order valence-electron chi connectivity index (χ3n) is 3.31. The minimum absolute atomic E-state index is 0.765. The topological polar surface area (TPSA) is 17.1 Å². The molecule has 0 amide bonds. The summed E-state index contributed by atoms with van der Waals surface area (Å²) >= 11 is 1.84. The van der Waals surface area contributed by atoms with Gasteiger partial charge in [0, 0.05) is 10.5 Å². The number of carbonyl (C=O) groups is 1. The maximum Gasteiger partial charge on any atom is 0.150 e. The molecule has 0 heterocycles. The molecule has 0 unspecified atom stereocenters. The van der Waals surface area contributed by atoms with Gasteiger partial charge in [0.05, 0.1) is 0 Å². The van der Waals surface area contributed by atoms with E-state index in [4.69, 9.17) is 0 Å². The van der Waals surface area contributed by atoms with Crippen LogP contribution in [0, 0.1) is 0 Å². The largest absolute Gasteiger partial charge is 0.298 e. The summed E-state index contributed by atoms with van der Waals surface area (Å²) in [5.41, 5.74) is 0.765. The molecule has 1 nitrogen and oxygen atoms in total. The van der Waals surface area contributed by atoms with Crippen LogP contribution in [0.2, 0.25) is 0 Å². The van der Waals surface area contributed by atoms with Gasteiger partial charge in [-0.3, -0.25) is 4.79 Å². The van der Waals surface area contributed by atoms with Crippen LogP contribution in [0.15, 0.2) is 53.4 Å². The maximum absolute atomic E-state index is 11.2. The van der Waals surface area contributed by atoms with E-state index < -0.39 is 0 Å². The molecular weight excluding hydrogens is 252 g/mol. The van der Waals surface area contributed by atoms with Crippen molar-refractivity contribution in [1.82, 2.24) is 0 Å². The van der Waals surface area contributed by atoms with Crippen LogP contribution >= 0.6 is 11.8 Å². The second-order valence-electron chi connectivity index (χ2n) is 4.42. The number of aldehydes is 1. The van der Waals surface area contributed by atoms with E-state index in [1.807, 2.05) is 30.0 Å². The smallest absolute Gasteiger partial charge is 0.150 e. The van der Waals surface area contributed by atoms with E-state index in [0.29, 0.717) is 0 Å². The Morgan fingerprint density at radius 2 is 1.79 bits per heavy atom. The van der Waals surface area contributed by atoms with E-state index in [-0.39, 0.29) is 0 Å². The number of rotatable bonds is 3. The van der Waals surface area contributed by atoms with Crippen LogP contribution in [0.3, 0.4) is 0 Å². The summed E-state index contributed by atoms with van der Waals surface area (Å²) in [5, 5.41) is 4.69. The monoisotopic (exact) mass is 266 g/mol. The molecule has 3 aromatic rings. The van der Waals surface area contributed by atoms with Crippen LogP contribution in [-0.4, -0.2) is 12.0 Å². The molecular formula is C17H14OS. The van der Waals surface area contributed by atoms with E-state index in [9.17, 15) is 4.79 Å². The third-order valence-corrected chi connectivity index (χ3v) is 4.32. The van der Waals surface area contributed by atoms with Crippen molar-refractivity contribution in [2.75, 3.05) is 5.75 Å². The van der Waals surface area contributed by atoms with Gasteiger partial charge in [0.1, 0.15) is 0 Å². The predicted molar refractivity (Wildman–Crippen MR) is 83.2 cm³/mol. The molecule has 0 aliphatic carbocycles. The van der Waals surface area contributed by atoms with Gasteiger partial charge in [0.2, 0.25) is 0 Å². The van der Waals surface area contributed by atoms with Gasteiger partial charge in [-0.05, 0) is 33.4 Å². The Kier molecular flexibility index (Phi) is 3.26. The third kappa shape index (κ3) is 2.02. The SMILES string of the molecule is CCSc1c2ccccc2cc2c(C=O)cccc12. The van der Waals surface area contributed by atoms with Crippen LogP contribution in [0.1, 0.15) is 17.3 Å². The van der Waals surface area contributed by atoms with Crippen molar-refractivity contribution in [3.8, 4) is 0 Å². The first-order valence-corrected chi connectivity index (χ1v) is 7.36. The van der Waals surface area contributed by atoms with Crippen molar-refractivity contribution >= 4 is 39.6 Å². The Bertz CT molecular complexity index is 762. The molecule has 0 N–H and O–H groups in total. The Morgan fingerprint density at radius 1 is 1.00 bits per heavy atom. The lowest BCUT2D eigenvalue weighted by Gasteiger charge is -2.11.